The minimum absolute atomic E-state index is 0. The molecule has 0 spiro atoms. The highest BCUT2D eigenvalue weighted by Crippen LogP contribution is 2.31. The van der Waals surface area contributed by atoms with E-state index in [1.807, 2.05) is 24.3 Å². The fourth-order valence-corrected chi connectivity index (χ4v) is 2.79. The van der Waals surface area contributed by atoms with Crippen molar-refractivity contribution in [1.82, 2.24) is 0 Å². The van der Waals surface area contributed by atoms with Crippen molar-refractivity contribution in [3.63, 3.8) is 0 Å². The molecule has 19 heavy (non-hydrogen) atoms. The third-order valence-electron chi connectivity index (χ3n) is 2.70. The van der Waals surface area contributed by atoms with Crippen molar-refractivity contribution in [2.45, 2.75) is 19.1 Å². The van der Waals surface area contributed by atoms with Crippen LogP contribution in [0.4, 0.5) is 4.39 Å². The minimum Gasteiger partial charge on any atom is -0.464 e. The Labute approximate surface area is 121 Å². The van der Waals surface area contributed by atoms with Crippen LogP contribution in [0.15, 0.2) is 29.6 Å². The molecule has 2 aromatic rings. The lowest BCUT2D eigenvalue weighted by Crippen LogP contribution is -2.31. The standard InChI is InChI=1S/C13H14FNO2S.ClH/c1-2-17-13(16)11(14)12(15)9-7-18-10-6-4-3-5-8(9)10;/h3-7,11-12H,2,15H2,1H3;1H/t11?,12-;/m0./s1. The van der Waals surface area contributed by atoms with E-state index in [1.54, 1.807) is 12.3 Å². The maximum Gasteiger partial charge on any atom is 0.342 e. The predicted octanol–water partition coefficient (Wildman–Crippen LogP) is 3.22. The molecule has 0 aliphatic carbocycles. The van der Waals surface area contributed by atoms with Gasteiger partial charge >= 0.3 is 5.97 Å². The number of ether oxygens (including phenoxy) is 1. The van der Waals surface area contributed by atoms with E-state index in [0.29, 0.717) is 5.56 Å². The molecule has 0 aliphatic rings. The second kappa shape index (κ2) is 6.84. The molecular formula is C13H15ClFNO2S. The van der Waals surface area contributed by atoms with Crippen molar-refractivity contribution in [3.05, 3.63) is 35.2 Å². The lowest BCUT2D eigenvalue weighted by Gasteiger charge is -2.15. The van der Waals surface area contributed by atoms with E-state index in [-0.39, 0.29) is 19.0 Å². The number of rotatable bonds is 4. The van der Waals surface area contributed by atoms with Gasteiger partial charge in [0.05, 0.1) is 12.6 Å². The summed E-state index contributed by atoms with van der Waals surface area (Å²) in [5.74, 6) is -0.903. The van der Waals surface area contributed by atoms with Gasteiger partial charge in [0.2, 0.25) is 6.17 Å². The maximum absolute atomic E-state index is 13.9. The summed E-state index contributed by atoms with van der Waals surface area (Å²) >= 11 is 1.49. The Morgan fingerprint density at radius 3 is 2.84 bits per heavy atom. The monoisotopic (exact) mass is 303 g/mol. The number of halogens is 2. The van der Waals surface area contributed by atoms with Crippen LogP contribution in [0, 0.1) is 0 Å². The van der Waals surface area contributed by atoms with Crippen LogP contribution in [0.1, 0.15) is 18.5 Å². The number of alkyl halides is 1. The first-order valence-corrected chi connectivity index (χ1v) is 6.55. The van der Waals surface area contributed by atoms with Crippen LogP contribution in [0.3, 0.4) is 0 Å². The van der Waals surface area contributed by atoms with Gasteiger partial charge in [0.25, 0.3) is 0 Å². The number of carbonyl (C=O) groups excluding carboxylic acids is 1. The van der Waals surface area contributed by atoms with Gasteiger partial charge < -0.3 is 10.5 Å². The fourth-order valence-electron chi connectivity index (χ4n) is 1.78. The Morgan fingerprint density at radius 2 is 2.16 bits per heavy atom. The van der Waals surface area contributed by atoms with E-state index in [9.17, 15) is 9.18 Å². The molecule has 1 aromatic carbocycles. The number of nitrogens with two attached hydrogens (primary N) is 1. The van der Waals surface area contributed by atoms with Gasteiger partial charge in [0.1, 0.15) is 0 Å². The van der Waals surface area contributed by atoms with Crippen molar-refractivity contribution in [2.24, 2.45) is 5.73 Å². The van der Waals surface area contributed by atoms with Crippen molar-refractivity contribution in [3.8, 4) is 0 Å². The summed E-state index contributed by atoms with van der Waals surface area (Å²) in [6, 6.07) is 6.60. The van der Waals surface area contributed by atoms with Gasteiger partial charge in [0.15, 0.2) is 0 Å². The van der Waals surface area contributed by atoms with E-state index in [1.165, 1.54) is 11.3 Å². The predicted molar refractivity (Wildman–Crippen MR) is 77.5 cm³/mol. The molecule has 2 atom stereocenters. The number of esters is 1. The molecule has 0 aliphatic heterocycles. The second-order valence-electron chi connectivity index (χ2n) is 3.87. The van der Waals surface area contributed by atoms with E-state index in [0.717, 1.165) is 10.1 Å². The molecule has 0 fully saturated rings. The number of hydrogen-bond acceptors (Lipinski definition) is 4. The Morgan fingerprint density at radius 1 is 1.47 bits per heavy atom. The highest BCUT2D eigenvalue weighted by Gasteiger charge is 2.29. The number of carbonyl (C=O) groups is 1. The third-order valence-corrected chi connectivity index (χ3v) is 3.68. The molecule has 2 rings (SSSR count). The summed E-state index contributed by atoms with van der Waals surface area (Å²) in [6.07, 6.45) is -1.83. The topological polar surface area (TPSA) is 52.3 Å². The summed E-state index contributed by atoms with van der Waals surface area (Å²) in [7, 11) is 0. The van der Waals surface area contributed by atoms with Crippen molar-refractivity contribution < 1.29 is 13.9 Å². The van der Waals surface area contributed by atoms with Crippen LogP contribution in [0.2, 0.25) is 0 Å². The van der Waals surface area contributed by atoms with Gasteiger partial charge in [-0.25, -0.2) is 9.18 Å². The first-order valence-electron chi connectivity index (χ1n) is 5.67. The first-order chi connectivity index (χ1) is 8.65. The first kappa shape index (κ1) is 15.9. The number of fused-ring (bicyclic) bond motifs is 1. The molecule has 1 heterocycles. The molecule has 104 valence electrons. The van der Waals surface area contributed by atoms with Crippen molar-refractivity contribution >= 4 is 39.8 Å². The fraction of sp³-hybridized carbons (Fsp3) is 0.308. The summed E-state index contributed by atoms with van der Waals surface area (Å²) in [4.78, 5) is 11.3. The molecule has 0 saturated carbocycles. The summed E-state index contributed by atoms with van der Waals surface area (Å²) < 4.78 is 19.5. The normalized spacial score (nSPS) is 13.6. The quantitative estimate of drug-likeness (QED) is 0.882. The van der Waals surface area contributed by atoms with E-state index in [4.69, 9.17) is 5.73 Å². The molecule has 2 N–H and O–H groups in total. The van der Waals surface area contributed by atoms with Crippen molar-refractivity contribution in [2.75, 3.05) is 6.61 Å². The molecule has 6 heteroatoms. The SMILES string of the molecule is CCOC(=O)C(F)[C@@H](N)c1csc2ccccc12.Cl. The molecule has 0 radical (unpaired) electrons. The highest BCUT2D eigenvalue weighted by molar-refractivity contribution is 7.17. The zero-order valence-electron chi connectivity index (χ0n) is 10.3. The molecule has 0 bridgehead atoms. The van der Waals surface area contributed by atoms with Gasteiger partial charge in [-0.3, -0.25) is 0 Å². The van der Waals surface area contributed by atoms with Gasteiger partial charge in [-0.2, -0.15) is 0 Å². The Balaban J connectivity index is 0.00000180. The van der Waals surface area contributed by atoms with Crippen LogP contribution in [0.5, 0.6) is 0 Å². The lowest BCUT2D eigenvalue weighted by molar-refractivity contribution is -0.149. The largest absolute Gasteiger partial charge is 0.464 e. The van der Waals surface area contributed by atoms with E-state index < -0.39 is 18.2 Å². The maximum atomic E-state index is 13.9. The van der Waals surface area contributed by atoms with Crippen LogP contribution in [-0.4, -0.2) is 18.7 Å². The van der Waals surface area contributed by atoms with Crippen LogP contribution in [-0.2, 0) is 9.53 Å². The van der Waals surface area contributed by atoms with E-state index >= 15 is 0 Å². The molecule has 1 aromatic heterocycles. The van der Waals surface area contributed by atoms with Gasteiger partial charge in [-0.15, -0.1) is 23.7 Å². The number of benzene rings is 1. The average molecular weight is 304 g/mol. The Hall–Kier alpha value is -1.17. The van der Waals surface area contributed by atoms with Gasteiger partial charge in [0, 0.05) is 4.70 Å². The summed E-state index contributed by atoms with van der Waals surface area (Å²) in [5.41, 5.74) is 6.46. The summed E-state index contributed by atoms with van der Waals surface area (Å²) in [6.45, 7) is 1.78. The molecule has 0 saturated heterocycles. The smallest absolute Gasteiger partial charge is 0.342 e. The number of hydrogen-bond donors (Lipinski definition) is 1. The van der Waals surface area contributed by atoms with Crippen molar-refractivity contribution in [1.29, 1.82) is 0 Å². The molecular weight excluding hydrogens is 289 g/mol. The van der Waals surface area contributed by atoms with E-state index in [2.05, 4.69) is 4.74 Å². The van der Waals surface area contributed by atoms with Crippen LogP contribution >= 0.6 is 23.7 Å². The second-order valence-corrected chi connectivity index (χ2v) is 4.78. The van der Waals surface area contributed by atoms with Crippen LogP contribution in [0.25, 0.3) is 10.1 Å². The third kappa shape index (κ3) is 3.23. The molecule has 3 nitrogen and oxygen atoms in total. The van der Waals surface area contributed by atoms with Gasteiger partial charge in [-0.05, 0) is 29.3 Å². The average Bonchev–Trinajstić information content (AvgIpc) is 2.81. The number of thiophene rings is 1. The van der Waals surface area contributed by atoms with Crippen LogP contribution < -0.4 is 5.73 Å². The van der Waals surface area contributed by atoms with Gasteiger partial charge in [-0.1, -0.05) is 18.2 Å². The molecule has 0 amide bonds. The zero-order valence-corrected chi connectivity index (χ0v) is 12.0. The lowest BCUT2D eigenvalue weighted by atomic mass is 10.0. The Bertz CT molecular complexity index is 560. The Kier molecular flexibility index (Phi) is 5.72. The zero-order chi connectivity index (χ0) is 13.1. The highest BCUT2D eigenvalue weighted by atomic mass is 35.5. The summed E-state index contributed by atoms with van der Waals surface area (Å²) in [5, 5.41) is 2.68. The molecule has 1 unspecified atom stereocenters. The minimum atomic E-state index is -1.83.